The lowest BCUT2D eigenvalue weighted by atomic mass is 9.82. The fourth-order valence-corrected chi connectivity index (χ4v) is 6.34. The summed E-state index contributed by atoms with van der Waals surface area (Å²) in [5, 5.41) is 14.2. The van der Waals surface area contributed by atoms with E-state index in [1.165, 1.54) is 15.6 Å². The van der Waals surface area contributed by atoms with Crippen LogP contribution in [-0.2, 0) is 14.8 Å². The molecule has 136 valence electrons. The van der Waals surface area contributed by atoms with E-state index in [0.717, 1.165) is 19.3 Å². The third-order valence-corrected chi connectivity index (χ3v) is 8.37. The summed E-state index contributed by atoms with van der Waals surface area (Å²) < 4.78 is 27.1. The quantitative estimate of drug-likeness (QED) is 0.867. The van der Waals surface area contributed by atoms with Crippen molar-refractivity contribution in [2.45, 2.75) is 54.7 Å². The van der Waals surface area contributed by atoms with E-state index in [0.29, 0.717) is 36.4 Å². The maximum Gasteiger partial charge on any atom is 0.252 e. The van der Waals surface area contributed by atoms with Crippen LogP contribution in [0.3, 0.4) is 0 Å². The van der Waals surface area contributed by atoms with Gasteiger partial charge in [-0.3, -0.25) is 4.79 Å². The minimum Gasteiger partial charge on any atom is -0.338 e. The van der Waals surface area contributed by atoms with Crippen LogP contribution in [0, 0.1) is 17.2 Å². The summed E-state index contributed by atoms with van der Waals surface area (Å²) in [7, 11) is -3.53. The van der Waals surface area contributed by atoms with Crippen molar-refractivity contribution < 1.29 is 13.2 Å². The van der Waals surface area contributed by atoms with Crippen LogP contribution in [0.4, 0.5) is 0 Å². The normalized spacial score (nSPS) is 24.4. The molecule has 1 saturated carbocycles. The average molecular weight is 382 g/mol. The molecule has 2 fully saturated rings. The van der Waals surface area contributed by atoms with E-state index in [1.807, 2.05) is 0 Å². The Hall–Kier alpha value is -1.43. The third-order valence-electron chi connectivity index (χ3n) is 5.13. The third kappa shape index (κ3) is 3.89. The molecule has 1 aromatic heterocycles. The predicted molar refractivity (Wildman–Crippen MR) is 95.4 cm³/mol. The molecule has 1 aromatic rings. The van der Waals surface area contributed by atoms with Crippen molar-refractivity contribution in [2.75, 3.05) is 13.1 Å². The van der Waals surface area contributed by atoms with Gasteiger partial charge in [-0.05, 0) is 37.1 Å². The molecule has 8 heteroatoms. The highest BCUT2D eigenvalue weighted by molar-refractivity contribution is 7.91. The van der Waals surface area contributed by atoms with Crippen LogP contribution in [0.1, 0.15) is 44.9 Å². The first-order valence-corrected chi connectivity index (χ1v) is 11.1. The fraction of sp³-hybridized carbons (Fsp3) is 0.647. The van der Waals surface area contributed by atoms with E-state index < -0.39 is 21.5 Å². The molecule has 1 unspecified atom stereocenters. The number of piperidine rings is 1. The summed E-state index contributed by atoms with van der Waals surface area (Å²) in [6.07, 6.45) is 5.65. The summed E-state index contributed by atoms with van der Waals surface area (Å²) >= 11 is 1.19. The molecule has 2 heterocycles. The highest BCUT2D eigenvalue weighted by Gasteiger charge is 2.38. The van der Waals surface area contributed by atoms with Crippen molar-refractivity contribution in [2.24, 2.45) is 5.92 Å². The number of sulfonamides is 1. The zero-order valence-electron chi connectivity index (χ0n) is 14.1. The second kappa shape index (κ2) is 7.44. The summed E-state index contributed by atoms with van der Waals surface area (Å²) in [4.78, 5) is 12.7. The Morgan fingerprint density at radius 2 is 2.08 bits per heavy atom. The average Bonchev–Trinajstić information content (AvgIpc) is 3.18. The van der Waals surface area contributed by atoms with Gasteiger partial charge in [0, 0.05) is 13.1 Å². The van der Waals surface area contributed by atoms with Crippen molar-refractivity contribution in [3.63, 3.8) is 0 Å². The van der Waals surface area contributed by atoms with Gasteiger partial charge in [-0.15, -0.1) is 11.3 Å². The van der Waals surface area contributed by atoms with Crippen LogP contribution in [0.2, 0.25) is 0 Å². The molecule has 25 heavy (non-hydrogen) atoms. The lowest BCUT2D eigenvalue weighted by Crippen LogP contribution is -2.53. The van der Waals surface area contributed by atoms with Crippen molar-refractivity contribution in [3.8, 4) is 6.07 Å². The first-order chi connectivity index (χ1) is 12.0. The SMILES string of the molecule is N#CC1(NC(=O)C2CCCN(S(=O)(=O)c3cccs3)C2)CCCCC1. The molecule has 1 aliphatic heterocycles. The zero-order chi connectivity index (χ0) is 17.9. The number of amides is 1. The van der Waals surface area contributed by atoms with Gasteiger partial charge in [-0.2, -0.15) is 9.57 Å². The number of rotatable bonds is 4. The molecule has 0 radical (unpaired) electrons. The molecule has 0 spiro atoms. The van der Waals surface area contributed by atoms with Crippen molar-refractivity contribution in [1.82, 2.24) is 9.62 Å². The van der Waals surface area contributed by atoms with Gasteiger partial charge in [0.25, 0.3) is 10.0 Å². The van der Waals surface area contributed by atoms with E-state index in [4.69, 9.17) is 0 Å². The van der Waals surface area contributed by atoms with Crippen LogP contribution < -0.4 is 5.32 Å². The molecule has 1 N–H and O–H groups in total. The lowest BCUT2D eigenvalue weighted by molar-refractivity contribution is -0.127. The van der Waals surface area contributed by atoms with Gasteiger partial charge in [0.2, 0.25) is 5.91 Å². The van der Waals surface area contributed by atoms with Crippen LogP contribution in [0.15, 0.2) is 21.7 Å². The molecule has 1 saturated heterocycles. The van der Waals surface area contributed by atoms with Gasteiger partial charge in [0.15, 0.2) is 0 Å². The molecule has 6 nitrogen and oxygen atoms in total. The lowest BCUT2D eigenvalue weighted by Gasteiger charge is -2.35. The second-order valence-corrected chi connectivity index (χ2v) is 9.99. The molecule has 2 aliphatic rings. The van der Waals surface area contributed by atoms with Crippen LogP contribution in [0.5, 0.6) is 0 Å². The van der Waals surface area contributed by atoms with E-state index in [1.54, 1.807) is 17.5 Å². The van der Waals surface area contributed by atoms with E-state index in [-0.39, 0.29) is 12.5 Å². The van der Waals surface area contributed by atoms with Crippen molar-refractivity contribution in [3.05, 3.63) is 17.5 Å². The van der Waals surface area contributed by atoms with Gasteiger partial charge in [-0.1, -0.05) is 25.3 Å². The van der Waals surface area contributed by atoms with E-state index in [2.05, 4.69) is 11.4 Å². The Bertz CT molecular complexity index is 747. The topological polar surface area (TPSA) is 90.3 Å². The Balaban J connectivity index is 1.69. The summed E-state index contributed by atoms with van der Waals surface area (Å²) in [6.45, 7) is 0.626. The van der Waals surface area contributed by atoms with Gasteiger partial charge in [0.1, 0.15) is 9.75 Å². The highest BCUT2D eigenvalue weighted by Crippen LogP contribution is 2.30. The number of carbonyl (C=O) groups is 1. The molecule has 0 bridgehead atoms. The number of carbonyl (C=O) groups excluding carboxylic acids is 1. The molecule has 3 rings (SSSR count). The van der Waals surface area contributed by atoms with Crippen molar-refractivity contribution in [1.29, 1.82) is 5.26 Å². The largest absolute Gasteiger partial charge is 0.338 e. The Kier molecular flexibility index (Phi) is 5.46. The minimum atomic E-state index is -3.53. The number of thiophene rings is 1. The molecule has 1 amide bonds. The van der Waals surface area contributed by atoms with Crippen LogP contribution >= 0.6 is 11.3 Å². The Morgan fingerprint density at radius 3 is 2.72 bits per heavy atom. The molecule has 0 aromatic carbocycles. The first kappa shape index (κ1) is 18.4. The number of nitrogens with zero attached hydrogens (tertiary/aromatic N) is 2. The number of hydrogen-bond donors (Lipinski definition) is 1. The minimum absolute atomic E-state index is 0.186. The first-order valence-electron chi connectivity index (χ1n) is 8.74. The standard InChI is InChI=1S/C17H23N3O3S2/c18-13-17(8-2-1-3-9-17)19-16(21)14-6-4-10-20(12-14)25(22,23)15-7-5-11-24-15/h5,7,11,14H,1-4,6,8-10,12H2,(H,19,21). The monoisotopic (exact) mass is 381 g/mol. The predicted octanol–water partition coefficient (Wildman–Crippen LogP) is 2.49. The van der Waals surface area contributed by atoms with Gasteiger partial charge in [-0.25, -0.2) is 8.42 Å². The fourth-order valence-electron chi connectivity index (χ4n) is 3.67. The summed E-state index contributed by atoms with van der Waals surface area (Å²) in [5.74, 6) is -0.579. The summed E-state index contributed by atoms with van der Waals surface area (Å²) in [5.41, 5.74) is -0.774. The molecular weight excluding hydrogens is 358 g/mol. The van der Waals surface area contributed by atoms with E-state index in [9.17, 15) is 18.5 Å². The van der Waals surface area contributed by atoms with Crippen LogP contribution in [-0.4, -0.2) is 37.3 Å². The Labute approximate surface area is 152 Å². The number of nitriles is 1. The van der Waals surface area contributed by atoms with Gasteiger partial charge >= 0.3 is 0 Å². The smallest absolute Gasteiger partial charge is 0.252 e. The van der Waals surface area contributed by atoms with E-state index >= 15 is 0 Å². The van der Waals surface area contributed by atoms with Gasteiger partial charge in [0.05, 0.1) is 12.0 Å². The van der Waals surface area contributed by atoms with Gasteiger partial charge < -0.3 is 5.32 Å². The second-order valence-electron chi connectivity index (χ2n) is 6.88. The molecular formula is C17H23N3O3S2. The van der Waals surface area contributed by atoms with Crippen LogP contribution in [0.25, 0.3) is 0 Å². The maximum atomic E-state index is 12.7. The number of hydrogen-bond acceptors (Lipinski definition) is 5. The maximum absolute atomic E-state index is 12.7. The zero-order valence-corrected chi connectivity index (χ0v) is 15.7. The highest BCUT2D eigenvalue weighted by atomic mass is 32.2. The van der Waals surface area contributed by atoms with Crippen molar-refractivity contribution >= 4 is 27.3 Å². The number of nitrogens with one attached hydrogen (secondary N) is 1. The molecule has 1 atom stereocenters. The summed E-state index contributed by atoms with van der Waals surface area (Å²) in [6, 6.07) is 5.60. The molecule has 1 aliphatic carbocycles. The Morgan fingerprint density at radius 1 is 1.32 bits per heavy atom.